The number of ether oxygens (including phenoxy) is 1. The highest BCUT2D eigenvalue weighted by molar-refractivity contribution is 7.15. The fourth-order valence-electron chi connectivity index (χ4n) is 2.55. The maximum absolute atomic E-state index is 12.4. The number of amides is 1. The van der Waals surface area contributed by atoms with Crippen molar-refractivity contribution in [2.45, 2.75) is 32.4 Å². The molecule has 5 nitrogen and oxygen atoms in total. The van der Waals surface area contributed by atoms with Crippen LogP contribution in [-0.2, 0) is 17.8 Å². The number of likely N-dealkylation sites (N-methyl/N-ethyl adjacent to an activating group) is 1. The van der Waals surface area contributed by atoms with Gasteiger partial charge in [0.05, 0.1) is 5.69 Å². The lowest BCUT2D eigenvalue weighted by Gasteiger charge is -2.20. The molecule has 0 fully saturated rings. The Balaban J connectivity index is 1.65. The molecule has 1 atom stereocenters. The lowest BCUT2D eigenvalue weighted by Crippen LogP contribution is -2.32. The Hall–Kier alpha value is -1.92. The second kappa shape index (κ2) is 7.10. The number of fused-ring (bicyclic) bond motifs is 1. The average molecular weight is 331 g/mol. The van der Waals surface area contributed by atoms with E-state index >= 15 is 0 Å². The highest BCUT2D eigenvalue weighted by Crippen LogP contribution is 2.28. The van der Waals surface area contributed by atoms with E-state index in [1.54, 1.807) is 11.3 Å². The Kier molecular flexibility index (Phi) is 4.93. The van der Waals surface area contributed by atoms with Crippen LogP contribution in [0.1, 0.15) is 23.9 Å². The van der Waals surface area contributed by atoms with E-state index in [9.17, 15) is 4.79 Å². The highest BCUT2D eigenvalue weighted by Gasteiger charge is 2.22. The Labute approximate surface area is 140 Å². The van der Waals surface area contributed by atoms with E-state index in [0.717, 1.165) is 25.2 Å². The van der Waals surface area contributed by atoms with Gasteiger partial charge in [0, 0.05) is 24.4 Å². The summed E-state index contributed by atoms with van der Waals surface area (Å²) in [5, 5.41) is 3.58. The molecule has 0 aliphatic carbocycles. The number of hydrogen-bond donors (Lipinski definition) is 1. The van der Waals surface area contributed by atoms with E-state index in [1.807, 2.05) is 37.3 Å². The number of para-hydroxylation sites is 1. The highest BCUT2D eigenvalue weighted by atomic mass is 32.1. The summed E-state index contributed by atoms with van der Waals surface area (Å²) in [4.78, 5) is 20.5. The average Bonchev–Trinajstić information content (AvgIpc) is 2.94. The third kappa shape index (κ3) is 3.89. The standard InChI is InChI=1S/C17H21N3O2S/c1-3-14(22-12-7-5-4-6-8-12)16(21)19-17-18-13-9-10-20(2)11-15(13)23-17/h4-8,14H,3,9-11H2,1-2H3,(H,18,19,21). The van der Waals surface area contributed by atoms with E-state index in [2.05, 4.69) is 22.2 Å². The van der Waals surface area contributed by atoms with Gasteiger partial charge < -0.3 is 9.64 Å². The van der Waals surface area contributed by atoms with Crippen LogP contribution >= 0.6 is 11.3 Å². The number of benzene rings is 1. The molecular formula is C17H21N3O2S. The number of hydrogen-bond acceptors (Lipinski definition) is 5. The lowest BCUT2D eigenvalue weighted by molar-refractivity contribution is -0.122. The van der Waals surface area contributed by atoms with Crippen LogP contribution in [0.5, 0.6) is 5.75 Å². The maximum Gasteiger partial charge on any atom is 0.267 e. The monoisotopic (exact) mass is 331 g/mol. The Morgan fingerprint density at radius 2 is 2.22 bits per heavy atom. The molecule has 0 spiro atoms. The molecule has 23 heavy (non-hydrogen) atoms. The number of carbonyl (C=O) groups is 1. The normalized spacial score (nSPS) is 15.7. The van der Waals surface area contributed by atoms with E-state index in [4.69, 9.17) is 4.74 Å². The zero-order valence-electron chi connectivity index (χ0n) is 13.4. The van der Waals surface area contributed by atoms with Crippen LogP contribution in [-0.4, -0.2) is 35.5 Å². The Morgan fingerprint density at radius 3 is 2.96 bits per heavy atom. The molecule has 0 radical (unpaired) electrons. The minimum Gasteiger partial charge on any atom is -0.481 e. The maximum atomic E-state index is 12.4. The molecule has 2 aromatic rings. The van der Waals surface area contributed by atoms with Crippen LogP contribution in [0.2, 0.25) is 0 Å². The van der Waals surface area contributed by atoms with Gasteiger partial charge in [-0.1, -0.05) is 25.1 Å². The van der Waals surface area contributed by atoms with E-state index in [1.165, 1.54) is 4.88 Å². The first-order valence-corrected chi connectivity index (χ1v) is 8.67. The first kappa shape index (κ1) is 16.0. The second-order valence-corrected chi connectivity index (χ2v) is 6.78. The summed E-state index contributed by atoms with van der Waals surface area (Å²) in [6.07, 6.45) is 1.03. The molecule has 1 N–H and O–H groups in total. The van der Waals surface area contributed by atoms with Crippen LogP contribution in [0.25, 0.3) is 0 Å². The summed E-state index contributed by atoms with van der Waals surface area (Å²) < 4.78 is 5.77. The molecule has 122 valence electrons. The van der Waals surface area contributed by atoms with Crippen LogP contribution in [0, 0.1) is 0 Å². The molecule has 1 aliphatic heterocycles. The lowest BCUT2D eigenvalue weighted by atomic mass is 10.2. The van der Waals surface area contributed by atoms with Crippen LogP contribution < -0.4 is 10.1 Å². The van der Waals surface area contributed by atoms with E-state index in [-0.39, 0.29) is 5.91 Å². The molecule has 1 aliphatic rings. The molecule has 1 aromatic heterocycles. The third-order valence-corrected chi connectivity index (χ3v) is 4.83. The number of rotatable bonds is 5. The van der Waals surface area contributed by atoms with Gasteiger partial charge in [0.1, 0.15) is 5.75 Å². The van der Waals surface area contributed by atoms with Gasteiger partial charge in [-0.25, -0.2) is 4.98 Å². The third-order valence-electron chi connectivity index (χ3n) is 3.84. The van der Waals surface area contributed by atoms with Gasteiger partial charge in [0.25, 0.3) is 5.91 Å². The SMILES string of the molecule is CCC(Oc1ccccc1)C(=O)Nc1nc2c(s1)CN(C)CC2. The largest absolute Gasteiger partial charge is 0.481 e. The van der Waals surface area contributed by atoms with Gasteiger partial charge in [-0.3, -0.25) is 10.1 Å². The van der Waals surface area contributed by atoms with Crippen molar-refractivity contribution < 1.29 is 9.53 Å². The minimum atomic E-state index is -0.513. The molecule has 0 bridgehead atoms. The first-order chi connectivity index (χ1) is 11.2. The molecule has 3 rings (SSSR count). The van der Waals surface area contributed by atoms with Crippen molar-refractivity contribution >= 4 is 22.4 Å². The van der Waals surface area contributed by atoms with E-state index in [0.29, 0.717) is 17.3 Å². The van der Waals surface area contributed by atoms with Crippen LogP contribution in [0.4, 0.5) is 5.13 Å². The van der Waals surface area contributed by atoms with Crippen LogP contribution in [0.15, 0.2) is 30.3 Å². The molecule has 6 heteroatoms. The zero-order chi connectivity index (χ0) is 16.2. The minimum absolute atomic E-state index is 0.143. The van der Waals surface area contributed by atoms with Gasteiger partial charge in [-0.15, -0.1) is 11.3 Å². The molecule has 2 heterocycles. The van der Waals surface area contributed by atoms with Crippen LogP contribution in [0.3, 0.4) is 0 Å². The van der Waals surface area contributed by atoms with Gasteiger partial charge >= 0.3 is 0 Å². The molecule has 1 unspecified atom stereocenters. The fourth-order valence-corrected chi connectivity index (χ4v) is 3.64. The summed E-state index contributed by atoms with van der Waals surface area (Å²) in [5.41, 5.74) is 1.11. The van der Waals surface area contributed by atoms with Gasteiger partial charge in [0.2, 0.25) is 0 Å². The summed E-state index contributed by atoms with van der Waals surface area (Å²) in [5.74, 6) is 0.561. The number of anilines is 1. The second-order valence-electron chi connectivity index (χ2n) is 5.69. The number of carbonyl (C=O) groups excluding carboxylic acids is 1. The van der Waals surface area contributed by atoms with Gasteiger partial charge in [0.15, 0.2) is 11.2 Å². The summed E-state index contributed by atoms with van der Waals surface area (Å²) >= 11 is 1.56. The van der Waals surface area contributed by atoms with Gasteiger partial charge in [-0.05, 0) is 25.6 Å². The molecule has 0 saturated heterocycles. The van der Waals surface area contributed by atoms with Gasteiger partial charge in [-0.2, -0.15) is 0 Å². The Bertz CT molecular complexity index is 672. The zero-order valence-corrected chi connectivity index (χ0v) is 14.2. The predicted molar refractivity (Wildman–Crippen MR) is 91.9 cm³/mol. The van der Waals surface area contributed by atoms with Crippen molar-refractivity contribution in [2.24, 2.45) is 0 Å². The van der Waals surface area contributed by atoms with E-state index < -0.39 is 6.10 Å². The van der Waals surface area contributed by atoms with Crippen molar-refractivity contribution in [1.29, 1.82) is 0 Å². The molecule has 1 aromatic carbocycles. The number of thiazole rings is 1. The van der Waals surface area contributed by atoms with Crippen molar-refractivity contribution in [2.75, 3.05) is 18.9 Å². The quantitative estimate of drug-likeness (QED) is 0.915. The smallest absolute Gasteiger partial charge is 0.267 e. The molecular weight excluding hydrogens is 310 g/mol. The summed E-state index contributed by atoms with van der Waals surface area (Å²) in [7, 11) is 2.10. The van der Waals surface area contributed by atoms with Crippen molar-refractivity contribution in [1.82, 2.24) is 9.88 Å². The number of aromatic nitrogens is 1. The number of nitrogens with one attached hydrogen (secondary N) is 1. The predicted octanol–water partition coefficient (Wildman–Crippen LogP) is 2.93. The Morgan fingerprint density at radius 1 is 1.43 bits per heavy atom. The van der Waals surface area contributed by atoms with Crippen molar-refractivity contribution in [3.63, 3.8) is 0 Å². The number of nitrogens with zero attached hydrogens (tertiary/aromatic N) is 2. The molecule has 0 saturated carbocycles. The topological polar surface area (TPSA) is 54.5 Å². The van der Waals surface area contributed by atoms with Crippen molar-refractivity contribution in [3.05, 3.63) is 40.9 Å². The molecule has 1 amide bonds. The fraction of sp³-hybridized carbons (Fsp3) is 0.412. The van der Waals surface area contributed by atoms with Crippen molar-refractivity contribution in [3.8, 4) is 5.75 Å². The summed E-state index contributed by atoms with van der Waals surface area (Å²) in [6, 6.07) is 9.42. The summed E-state index contributed by atoms with van der Waals surface area (Å²) in [6.45, 7) is 3.86. The first-order valence-electron chi connectivity index (χ1n) is 7.85.